The van der Waals surface area contributed by atoms with Gasteiger partial charge in [-0.3, -0.25) is 4.79 Å². The molecule has 0 saturated carbocycles. The molecule has 1 unspecified atom stereocenters. The lowest BCUT2D eigenvalue weighted by Gasteiger charge is -2.34. The van der Waals surface area contributed by atoms with Gasteiger partial charge in [-0.2, -0.15) is 4.98 Å². The second kappa shape index (κ2) is 6.88. The number of carbonyl (C=O) groups excluding carboxylic acids is 1. The van der Waals surface area contributed by atoms with Crippen molar-refractivity contribution in [1.82, 2.24) is 20.4 Å². The molecular weight excluding hydrogens is 264 g/mol. The number of nitrogens with one attached hydrogen (secondary N) is 1. The molecule has 0 aliphatic carbocycles. The molecule has 2 rings (SSSR count). The maximum absolute atomic E-state index is 12.1. The molecule has 2 heterocycles. The molecule has 0 bridgehead atoms. The smallest absolute Gasteiger partial charge is 0.317 e. The van der Waals surface area contributed by atoms with Crippen LogP contribution in [0.1, 0.15) is 31.6 Å². The van der Waals surface area contributed by atoms with E-state index >= 15 is 0 Å². The summed E-state index contributed by atoms with van der Waals surface area (Å²) in [6, 6.07) is -0.444. The Hall–Kier alpha value is -2.12. The molecule has 0 aromatic carbocycles. The summed E-state index contributed by atoms with van der Waals surface area (Å²) in [5, 5.41) is 15.1. The summed E-state index contributed by atoms with van der Waals surface area (Å²) in [4.78, 5) is 28.4. The van der Waals surface area contributed by atoms with Crippen molar-refractivity contribution < 1.29 is 19.2 Å². The third kappa shape index (κ3) is 3.94. The average Bonchev–Trinajstić information content (AvgIpc) is 2.91. The minimum Gasteiger partial charge on any atom is -0.481 e. The standard InChI is InChI=1S/C12H18N4O4/c17-11(18)7-9-3-1-2-6-16(9)12(19)13-5-4-10-14-8-15-20-10/h8-9H,1-7H2,(H,13,19)(H,17,18). The highest BCUT2D eigenvalue weighted by Gasteiger charge is 2.28. The summed E-state index contributed by atoms with van der Waals surface area (Å²) in [5.74, 6) is -0.411. The predicted molar refractivity (Wildman–Crippen MR) is 68.0 cm³/mol. The fraction of sp³-hybridized carbons (Fsp3) is 0.667. The predicted octanol–water partition coefficient (Wildman–Crippen LogP) is 0.651. The molecule has 2 N–H and O–H groups in total. The maximum atomic E-state index is 12.1. The van der Waals surface area contributed by atoms with E-state index in [1.807, 2.05) is 0 Å². The molecular formula is C12H18N4O4. The van der Waals surface area contributed by atoms with Crippen molar-refractivity contribution in [3.05, 3.63) is 12.2 Å². The van der Waals surface area contributed by atoms with Gasteiger partial charge in [0.1, 0.15) is 0 Å². The molecule has 1 saturated heterocycles. The van der Waals surface area contributed by atoms with Crippen molar-refractivity contribution in [1.29, 1.82) is 0 Å². The lowest BCUT2D eigenvalue weighted by molar-refractivity contribution is -0.138. The highest BCUT2D eigenvalue weighted by molar-refractivity contribution is 5.76. The van der Waals surface area contributed by atoms with E-state index in [0.717, 1.165) is 19.3 Å². The molecule has 8 nitrogen and oxygen atoms in total. The fourth-order valence-electron chi connectivity index (χ4n) is 2.37. The van der Waals surface area contributed by atoms with Crippen LogP contribution < -0.4 is 5.32 Å². The third-order valence-electron chi connectivity index (χ3n) is 3.32. The Morgan fingerprint density at radius 3 is 3.05 bits per heavy atom. The molecule has 1 aromatic rings. The van der Waals surface area contributed by atoms with Gasteiger partial charge in [-0.1, -0.05) is 5.16 Å². The minimum absolute atomic E-state index is 0.00290. The Morgan fingerprint density at radius 1 is 1.50 bits per heavy atom. The summed E-state index contributed by atoms with van der Waals surface area (Å²) in [5.41, 5.74) is 0. The van der Waals surface area contributed by atoms with Crippen LogP contribution in [0.25, 0.3) is 0 Å². The minimum atomic E-state index is -0.874. The molecule has 110 valence electrons. The molecule has 0 spiro atoms. The number of urea groups is 1. The quantitative estimate of drug-likeness (QED) is 0.820. The first-order valence-corrected chi connectivity index (χ1v) is 6.68. The van der Waals surface area contributed by atoms with Gasteiger partial charge in [0.2, 0.25) is 5.89 Å². The van der Waals surface area contributed by atoms with Crippen LogP contribution in [-0.2, 0) is 11.2 Å². The summed E-state index contributed by atoms with van der Waals surface area (Å²) in [6.45, 7) is 0.988. The number of carboxylic acids is 1. The van der Waals surface area contributed by atoms with Crippen molar-refractivity contribution in [2.75, 3.05) is 13.1 Å². The van der Waals surface area contributed by atoms with Crippen molar-refractivity contribution in [3.63, 3.8) is 0 Å². The van der Waals surface area contributed by atoms with E-state index in [4.69, 9.17) is 9.63 Å². The van der Waals surface area contributed by atoms with E-state index in [1.165, 1.54) is 6.33 Å². The summed E-state index contributed by atoms with van der Waals surface area (Å²) < 4.78 is 4.83. The Kier molecular flexibility index (Phi) is 4.91. The number of aliphatic carboxylic acids is 1. The first-order chi connectivity index (χ1) is 9.66. The normalized spacial score (nSPS) is 18.8. The van der Waals surface area contributed by atoms with Crippen molar-refractivity contribution in [2.24, 2.45) is 0 Å². The molecule has 1 aliphatic heterocycles. The van der Waals surface area contributed by atoms with E-state index < -0.39 is 5.97 Å². The van der Waals surface area contributed by atoms with Crippen LogP contribution in [0, 0.1) is 0 Å². The number of nitrogens with zero attached hydrogens (tertiary/aromatic N) is 3. The van der Waals surface area contributed by atoms with Gasteiger partial charge in [0.05, 0.1) is 6.42 Å². The van der Waals surface area contributed by atoms with Crippen LogP contribution in [0.3, 0.4) is 0 Å². The Bertz CT molecular complexity index is 448. The molecule has 1 aliphatic rings. The number of aromatic nitrogens is 2. The van der Waals surface area contributed by atoms with Crippen LogP contribution in [0.5, 0.6) is 0 Å². The van der Waals surface area contributed by atoms with E-state index in [-0.39, 0.29) is 18.5 Å². The van der Waals surface area contributed by atoms with Gasteiger partial charge in [-0.05, 0) is 19.3 Å². The highest BCUT2D eigenvalue weighted by Crippen LogP contribution is 2.19. The van der Waals surface area contributed by atoms with Crippen LogP contribution in [-0.4, -0.2) is 51.3 Å². The number of hydrogen-bond acceptors (Lipinski definition) is 5. The summed E-state index contributed by atoms with van der Waals surface area (Å²) in [6.07, 6.45) is 4.38. The van der Waals surface area contributed by atoms with Crippen LogP contribution in [0.15, 0.2) is 10.9 Å². The second-order valence-electron chi connectivity index (χ2n) is 4.76. The lowest BCUT2D eigenvalue weighted by atomic mass is 10.00. The Labute approximate surface area is 116 Å². The molecule has 0 radical (unpaired) electrons. The van der Waals surface area contributed by atoms with E-state index in [9.17, 15) is 9.59 Å². The number of hydrogen-bond donors (Lipinski definition) is 2. The number of carboxylic acid groups (broad SMARTS) is 1. The van der Waals surface area contributed by atoms with E-state index in [0.29, 0.717) is 25.4 Å². The third-order valence-corrected chi connectivity index (χ3v) is 3.32. The molecule has 1 fully saturated rings. The monoisotopic (exact) mass is 282 g/mol. The number of piperidine rings is 1. The van der Waals surface area contributed by atoms with Gasteiger partial charge in [-0.15, -0.1) is 0 Å². The number of carbonyl (C=O) groups is 2. The van der Waals surface area contributed by atoms with Crippen molar-refractivity contribution in [2.45, 2.75) is 38.1 Å². The van der Waals surface area contributed by atoms with E-state index in [1.54, 1.807) is 4.90 Å². The average molecular weight is 282 g/mol. The van der Waals surface area contributed by atoms with Crippen LogP contribution >= 0.6 is 0 Å². The topological polar surface area (TPSA) is 109 Å². The number of likely N-dealkylation sites (tertiary alicyclic amines) is 1. The van der Waals surface area contributed by atoms with Gasteiger partial charge < -0.3 is 19.8 Å². The Morgan fingerprint density at radius 2 is 2.35 bits per heavy atom. The van der Waals surface area contributed by atoms with Crippen LogP contribution in [0.4, 0.5) is 4.79 Å². The SMILES string of the molecule is O=C(O)CC1CCCCN1C(=O)NCCc1ncno1. The van der Waals surface area contributed by atoms with Crippen LogP contribution in [0.2, 0.25) is 0 Å². The first kappa shape index (κ1) is 14.3. The lowest BCUT2D eigenvalue weighted by Crippen LogP contribution is -2.49. The Balaban J connectivity index is 1.81. The first-order valence-electron chi connectivity index (χ1n) is 6.68. The molecule has 1 atom stereocenters. The van der Waals surface area contributed by atoms with Gasteiger partial charge >= 0.3 is 12.0 Å². The largest absolute Gasteiger partial charge is 0.481 e. The molecule has 2 amide bonds. The van der Waals surface area contributed by atoms with E-state index in [2.05, 4.69) is 15.5 Å². The zero-order valence-electron chi connectivity index (χ0n) is 11.1. The molecule has 1 aromatic heterocycles. The van der Waals surface area contributed by atoms with Gasteiger partial charge in [0, 0.05) is 25.6 Å². The maximum Gasteiger partial charge on any atom is 0.317 e. The second-order valence-corrected chi connectivity index (χ2v) is 4.76. The fourth-order valence-corrected chi connectivity index (χ4v) is 2.37. The van der Waals surface area contributed by atoms with Crippen molar-refractivity contribution >= 4 is 12.0 Å². The molecule has 8 heteroatoms. The number of amides is 2. The van der Waals surface area contributed by atoms with Crippen molar-refractivity contribution in [3.8, 4) is 0 Å². The number of rotatable bonds is 5. The zero-order chi connectivity index (χ0) is 14.4. The van der Waals surface area contributed by atoms with Gasteiger partial charge in [0.15, 0.2) is 6.33 Å². The van der Waals surface area contributed by atoms with Gasteiger partial charge in [-0.25, -0.2) is 4.79 Å². The highest BCUT2D eigenvalue weighted by atomic mass is 16.5. The summed E-state index contributed by atoms with van der Waals surface area (Å²) in [7, 11) is 0. The van der Waals surface area contributed by atoms with Gasteiger partial charge in [0.25, 0.3) is 0 Å². The molecule has 20 heavy (non-hydrogen) atoms. The zero-order valence-corrected chi connectivity index (χ0v) is 11.1. The summed E-state index contributed by atoms with van der Waals surface area (Å²) >= 11 is 0.